The first-order valence-corrected chi connectivity index (χ1v) is 8.75. The fourth-order valence-electron chi connectivity index (χ4n) is 4.14. The molecule has 1 saturated heterocycles. The summed E-state index contributed by atoms with van der Waals surface area (Å²) in [6.07, 6.45) is 8.51. The molecule has 1 heterocycles. The van der Waals surface area contributed by atoms with E-state index in [1.807, 2.05) is 0 Å². The normalized spacial score (nSPS) is 32.8. The summed E-state index contributed by atoms with van der Waals surface area (Å²) in [5, 5.41) is 3.80. The van der Waals surface area contributed by atoms with Crippen molar-refractivity contribution >= 4 is 0 Å². The van der Waals surface area contributed by atoms with E-state index in [0.717, 1.165) is 19.1 Å². The lowest BCUT2D eigenvalue weighted by atomic mass is 9.87. The van der Waals surface area contributed by atoms with Crippen molar-refractivity contribution in [3.05, 3.63) is 35.9 Å². The summed E-state index contributed by atoms with van der Waals surface area (Å²) in [4.78, 5) is 2.80. The molecule has 116 valence electrons. The van der Waals surface area contributed by atoms with Crippen LogP contribution in [0.3, 0.4) is 0 Å². The number of hydrogen-bond acceptors (Lipinski definition) is 2. The Morgan fingerprint density at radius 1 is 1.05 bits per heavy atom. The van der Waals surface area contributed by atoms with Crippen molar-refractivity contribution in [2.24, 2.45) is 0 Å². The molecule has 2 heteroatoms. The highest BCUT2D eigenvalue weighted by atomic mass is 15.3. The number of piperazine rings is 1. The zero-order valence-electron chi connectivity index (χ0n) is 13.6. The molecule has 2 fully saturated rings. The van der Waals surface area contributed by atoms with Crippen LogP contribution in [0.4, 0.5) is 0 Å². The monoisotopic (exact) mass is 286 g/mol. The van der Waals surface area contributed by atoms with Gasteiger partial charge in [-0.1, -0.05) is 56.0 Å². The largest absolute Gasteiger partial charge is 0.305 e. The molecule has 1 saturated carbocycles. The summed E-state index contributed by atoms with van der Waals surface area (Å²) in [7, 11) is 0. The minimum atomic E-state index is 0.0973. The van der Waals surface area contributed by atoms with Gasteiger partial charge in [0, 0.05) is 25.2 Å². The third-order valence-corrected chi connectivity index (χ3v) is 5.56. The van der Waals surface area contributed by atoms with Crippen LogP contribution in [0.5, 0.6) is 0 Å². The zero-order valence-corrected chi connectivity index (χ0v) is 13.6. The molecule has 2 atom stereocenters. The van der Waals surface area contributed by atoms with Gasteiger partial charge < -0.3 is 5.32 Å². The van der Waals surface area contributed by atoms with Gasteiger partial charge in [0.05, 0.1) is 5.54 Å². The second-order valence-corrected chi connectivity index (χ2v) is 7.25. The summed E-state index contributed by atoms with van der Waals surface area (Å²) in [5.74, 6) is 0. The van der Waals surface area contributed by atoms with E-state index in [1.165, 1.54) is 44.1 Å². The van der Waals surface area contributed by atoms with Gasteiger partial charge in [0.1, 0.15) is 0 Å². The van der Waals surface area contributed by atoms with Gasteiger partial charge in [-0.05, 0) is 32.3 Å². The molecule has 21 heavy (non-hydrogen) atoms. The Bertz CT molecular complexity index is 436. The summed E-state index contributed by atoms with van der Waals surface area (Å²) in [6.45, 7) is 7.01. The molecule has 0 spiro atoms. The Morgan fingerprint density at radius 2 is 1.71 bits per heavy atom. The fraction of sp³-hybridized carbons (Fsp3) is 0.684. The van der Waals surface area contributed by atoms with Gasteiger partial charge >= 0.3 is 0 Å². The Labute approximate surface area is 129 Å². The quantitative estimate of drug-likeness (QED) is 0.829. The Morgan fingerprint density at radius 3 is 2.38 bits per heavy atom. The lowest BCUT2D eigenvalue weighted by molar-refractivity contribution is 0.0476. The van der Waals surface area contributed by atoms with Crippen LogP contribution in [0.25, 0.3) is 0 Å². The first-order chi connectivity index (χ1) is 10.2. The van der Waals surface area contributed by atoms with Crippen molar-refractivity contribution in [3.8, 4) is 0 Å². The zero-order chi connectivity index (χ0) is 14.7. The van der Waals surface area contributed by atoms with Gasteiger partial charge in [-0.3, -0.25) is 4.90 Å². The van der Waals surface area contributed by atoms with E-state index >= 15 is 0 Å². The maximum atomic E-state index is 3.80. The molecule has 1 aromatic rings. The van der Waals surface area contributed by atoms with E-state index in [-0.39, 0.29) is 5.54 Å². The molecule has 0 bridgehead atoms. The maximum absolute atomic E-state index is 3.80. The third kappa shape index (κ3) is 3.32. The molecule has 1 N–H and O–H groups in total. The Kier molecular flexibility index (Phi) is 4.66. The first-order valence-electron chi connectivity index (χ1n) is 8.75. The van der Waals surface area contributed by atoms with Crippen molar-refractivity contribution in [3.63, 3.8) is 0 Å². The Balaban J connectivity index is 1.77. The second kappa shape index (κ2) is 6.50. The van der Waals surface area contributed by atoms with Crippen LogP contribution >= 0.6 is 0 Å². The Hall–Kier alpha value is -0.860. The number of nitrogens with one attached hydrogen (secondary N) is 1. The number of rotatable bonds is 2. The van der Waals surface area contributed by atoms with Gasteiger partial charge in [0.25, 0.3) is 0 Å². The molecule has 2 nitrogen and oxygen atoms in total. The predicted octanol–water partition coefficient (Wildman–Crippen LogP) is 3.92. The highest BCUT2D eigenvalue weighted by Crippen LogP contribution is 2.31. The van der Waals surface area contributed by atoms with E-state index in [2.05, 4.69) is 54.4 Å². The summed E-state index contributed by atoms with van der Waals surface area (Å²) in [6, 6.07) is 12.4. The molecular formula is C19H30N2. The number of nitrogens with zero attached hydrogens (tertiary/aromatic N) is 1. The van der Waals surface area contributed by atoms with E-state index < -0.39 is 0 Å². The minimum absolute atomic E-state index is 0.0973. The van der Waals surface area contributed by atoms with Crippen molar-refractivity contribution in [1.29, 1.82) is 0 Å². The smallest absolute Gasteiger partial charge is 0.0535 e. The average Bonchev–Trinajstić information content (AvgIpc) is 2.80. The molecular weight excluding hydrogens is 256 g/mol. The van der Waals surface area contributed by atoms with Crippen molar-refractivity contribution < 1.29 is 0 Å². The van der Waals surface area contributed by atoms with Crippen LogP contribution in [0.1, 0.15) is 57.9 Å². The molecule has 1 aliphatic heterocycles. The van der Waals surface area contributed by atoms with Crippen LogP contribution in [-0.2, 0) is 5.54 Å². The lowest BCUT2D eigenvalue weighted by Gasteiger charge is -2.48. The van der Waals surface area contributed by atoms with E-state index in [9.17, 15) is 0 Å². The van der Waals surface area contributed by atoms with E-state index in [1.54, 1.807) is 0 Å². The second-order valence-electron chi connectivity index (χ2n) is 7.25. The van der Waals surface area contributed by atoms with Crippen molar-refractivity contribution in [1.82, 2.24) is 10.2 Å². The summed E-state index contributed by atoms with van der Waals surface area (Å²) >= 11 is 0. The third-order valence-electron chi connectivity index (χ3n) is 5.56. The van der Waals surface area contributed by atoms with Gasteiger partial charge in [-0.25, -0.2) is 0 Å². The van der Waals surface area contributed by atoms with Crippen LogP contribution in [0.15, 0.2) is 30.3 Å². The molecule has 1 aromatic carbocycles. The highest BCUT2D eigenvalue weighted by Gasteiger charge is 2.38. The predicted molar refractivity (Wildman–Crippen MR) is 89.5 cm³/mol. The SMILES string of the molecule is CC1CNC(C)(c2ccccc2)CN1C1CCCCCC1. The van der Waals surface area contributed by atoms with Gasteiger partial charge in [-0.2, -0.15) is 0 Å². The molecule has 0 aromatic heterocycles. The standard InChI is InChI=1S/C19H30N2/c1-16-14-20-19(2,17-10-6-5-7-11-17)15-21(16)18-12-8-3-4-9-13-18/h5-7,10-11,16,18,20H,3-4,8-9,12-15H2,1-2H3. The van der Waals surface area contributed by atoms with Gasteiger partial charge in [-0.15, -0.1) is 0 Å². The van der Waals surface area contributed by atoms with E-state index in [4.69, 9.17) is 0 Å². The van der Waals surface area contributed by atoms with Gasteiger partial charge in [0.2, 0.25) is 0 Å². The molecule has 2 aliphatic rings. The first kappa shape index (κ1) is 15.1. The van der Waals surface area contributed by atoms with Crippen molar-refractivity contribution in [2.75, 3.05) is 13.1 Å². The van der Waals surface area contributed by atoms with Gasteiger partial charge in [0.15, 0.2) is 0 Å². The molecule has 3 rings (SSSR count). The topological polar surface area (TPSA) is 15.3 Å². The van der Waals surface area contributed by atoms with Crippen LogP contribution in [0.2, 0.25) is 0 Å². The number of hydrogen-bond donors (Lipinski definition) is 1. The molecule has 0 radical (unpaired) electrons. The van der Waals surface area contributed by atoms with Crippen molar-refractivity contribution in [2.45, 2.75) is 70.0 Å². The number of benzene rings is 1. The molecule has 1 aliphatic carbocycles. The average molecular weight is 286 g/mol. The minimum Gasteiger partial charge on any atom is -0.305 e. The molecule has 0 amide bonds. The fourth-order valence-corrected chi connectivity index (χ4v) is 4.14. The molecule has 2 unspecified atom stereocenters. The van der Waals surface area contributed by atoms with E-state index in [0.29, 0.717) is 6.04 Å². The van der Waals surface area contributed by atoms with Crippen LogP contribution in [0, 0.1) is 0 Å². The summed E-state index contributed by atoms with van der Waals surface area (Å²) < 4.78 is 0. The highest BCUT2D eigenvalue weighted by molar-refractivity contribution is 5.25. The lowest BCUT2D eigenvalue weighted by Crippen LogP contribution is -2.62. The maximum Gasteiger partial charge on any atom is 0.0535 e. The summed E-state index contributed by atoms with van der Waals surface area (Å²) in [5.41, 5.74) is 1.52. The van der Waals surface area contributed by atoms with Crippen LogP contribution < -0.4 is 5.32 Å². The van der Waals surface area contributed by atoms with Crippen LogP contribution in [-0.4, -0.2) is 30.1 Å².